The normalized spacial score (nSPS) is 13.0. The average molecular weight is 357 g/mol. The number of Topliss-reactive ketones (excluding diaryl/α,β-unsaturated/α-hetero) is 2. The summed E-state index contributed by atoms with van der Waals surface area (Å²) >= 11 is 6.29. The molecule has 0 fully saturated rings. The summed E-state index contributed by atoms with van der Waals surface area (Å²) in [5, 5.41) is 0.370. The maximum Gasteiger partial charge on any atom is 0.197 e. The smallest absolute Gasteiger partial charge is 0.197 e. The van der Waals surface area contributed by atoms with Crippen LogP contribution < -0.4 is 9.47 Å². The lowest BCUT2D eigenvalue weighted by Crippen LogP contribution is -2.01. The molecule has 0 bridgehead atoms. The van der Waals surface area contributed by atoms with E-state index < -0.39 is 0 Å². The van der Waals surface area contributed by atoms with Crippen LogP contribution in [0.4, 0.5) is 0 Å². The van der Waals surface area contributed by atoms with Gasteiger partial charge in [-0.05, 0) is 30.2 Å². The van der Waals surface area contributed by atoms with Crippen molar-refractivity contribution in [3.8, 4) is 11.5 Å². The predicted octanol–water partition coefficient (Wildman–Crippen LogP) is 4.60. The Kier molecular flexibility index (Phi) is 4.91. The fourth-order valence-corrected chi connectivity index (χ4v) is 3.01. The Hall–Kier alpha value is -2.59. The summed E-state index contributed by atoms with van der Waals surface area (Å²) in [5.41, 5.74) is 1.59. The van der Waals surface area contributed by atoms with Gasteiger partial charge in [0.1, 0.15) is 0 Å². The van der Waals surface area contributed by atoms with Gasteiger partial charge in [-0.1, -0.05) is 42.8 Å². The number of fused-ring (bicyclic) bond motifs is 1. The number of carbonyl (C=O) groups is 2. The first kappa shape index (κ1) is 17.2. The maximum atomic E-state index is 12.5. The van der Waals surface area contributed by atoms with Crippen molar-refractivity contribution in [3.05, 3.63) is 63.7 Å². The van der Waals surface area contributed by atoms with Crippen LogP contribution in [-0.2, 0) is 0 Å². The van der Waals surface area contributed by atoms with E-state index in [0.29, 0.717) is 39.8 Å². The van der Waals surface area contributed by atoms with Crippen LogP contribution in [0, 0.1) is 0 Å². The number of benzene rings is 2. The van der Waals surface area contributed by atoms with E-state index in [1.165, 1.54) is 7.11 Å². The van der Waals surface area contributed by atoms with Crippen LogP contribution in [0.15, 0.2) is 42.0 Å². The lowest BCUT2D eigenvalue weighted by molar-refractivity contribution is 0.0990. The molecule has 4 nitrogen and oxygen atoms in total. The molecule has 0 aromatic heterocycles. The molecule has 0 saturated heterocycles. The number of rotatable bonds is 5. The van der Waals surface area contributed by atoms with Crippen LogP contribution in [0.3, 0.4) is 0 Å². The molecule has 0 atom stereocenters. The van der Waals surface area contributed by atoms with Gasteiger partial charge >= 0.3 is 0 Å². The number of carbonyl (C=O) groups excluding carboxylic acids is 2. The van der Waals surface area contributed by atoms with E-state index in [0.717, 1.165) is 6.42 Å². The second-order valence-corrected chi connectivity index (χ2v) is 6.05. The van der Waals surface area contributed by atoms with Gasteiger partial charge in [-0.25, -0.2) is 0 Å². The maximum absolute atomic E-state index is 12.5. The van der Waals surface area contributed by atoms with Crippen molar-refractivity contribution >= 4 is 29.2 Å². The summed E-state index contributed by atoms with van der Waals surface area (Å²) in [6.45, 7) is 2.51. The second-order valence-electron chi connectivity index (χ2n) is 5.64. The number of hydrogen-bond acceptors (Lipinski definition) is 4. The minimum Gasteiger partial charge on any atom is -0.493 e. The highest BCUT2D eigenvalue weighted by atomic mass is 35.5. The third-order valence-electron chi connectivity index (χ3n) is 3.92. The molecule has 2 aromatic carbocycles. The summed E-state index contributed by atoms with van der Waals surface area (Å²) in [6.07, 6.45) is 2.38. The zero-order valence-corrected chi connectivity index (χ0v) is 14.7. The molecule has 0 aliphatic heterocycles. The standard InChI is InChI=1S/C20H17ClO4/c1-3-8-25-20-16(21)10-12(11-17(20)24-2)9-15-18(22)13-6-4-5-7-14(13)19(15)23/h4-7,9-11H,3,8H2,1-2H3. The van der Waals surface area contributed by atoms with E-state index in [4.69, 9.17) is 21.1 Å². The molecule has 0 unspecified atom stereocenters. The molecule has 3 rings (SSSR count). The summed E-state index contributed by atoms with van der Waals surface area (Å²) < 4.78 is 10.9. The quantitative estimate of drug-likeness (QED) is 0.580. The van der Waals surface area contributed by atoms with E-state index >= 15 is 0 Å². The summed E-state index contributed by atoms with van der Waals surface area (Å²) in [7, 11) is 1.52. The van der Waals surface area contributed by atoms with Crippen molar-refractivity contribution < 1.29 is 19.1 Å². The minimum atomic E-state index is -0.276. The molecule has 5 heteroatoms. The van der Waals surface area contributed by atoms with Gasteiger partial charge in [0.25, 0.3) is 0 Å². The van der Waals surface area contributed by atoms with Gasteiger partial charge in [0.05, 0.1) is 24.3 Å². The van der Waals surface area contributed by atoms with Gasteiger partial charge < -0.3 is 9.47 Å². The highest BCUT2D eigenvalue weighted by Crippen LogP contribution is 2.38. The summed E-state index contributed by atoms with van der Waals surface area (Å²) in [5.74, 6) is 0.368. The molecule has 0 spiro atoms. The molecule has 2 aromatic rings. The third kappa shape index (κ3) is 3.17. The van der Waals surface area contributed by atoms with Crippen molar-refractivity contribution in [2.75, 3.05) is 13.7 Å². The van der Waals surface area contributed by atoms with Gasteiger partial charge in [-0.3, -0.25) is 9.59 Å². The first-order valence-electron chi connectivity index (χ1n) is 7.97. The number of allylic oxidation sites excluding steroid dienone is 1. The van der Waals surface area contributed by atoms with Crippen molar-refractivity contribution in [2.24, 2.45) is 0 Å². The fraction of sp³-hybridized carbons (Fsp3) is 0.200. The number of methoxy groups -OCH3 is 1. The highest BCUT2D eigenvalue weighted by Gasteiger charge is 2.32. The molecule has 1 aliphatic rings. The minimum absolute atomic E-state index is 0.126. The molecule has 25 heavy (non-hydrogen) atoms. The van der Waals surface area contributed by atoms with Crippen LogP contribution in [-0.4, -0.2) is 25.3 Å². The average Bonchev–Trinajstić information content (AvgIpc) is 2.86. The lowest BCUT2D eigenvalue weighted by Gasteiger charge is -2.12. The Balaban J connectivity index is 2.01. The molecule has 1 aliphatic carbocycles. The predicted molar refractivity (Wildman–Crippen MR) is 96.9 cm³/mol. The molecule has 0 amide bonds. The molecular weight excluding hydrogens is 340 g/mol. The van der Waals surface area contributed by atoms with E-state index in [1.54, 1.807) is 42.5 Å². The zero-order valence-electron chi connectivity index (χ0n) is 14.0. The van der Waals surface area contributed by atoms with Crippen LogP contribution in [0.5, 0.6) is 11.5 Å². The van der Waals surface area contributed by atoms with Gasteiger partial charge in [0, 0.05) is 11.1 Å². The van der Waals surface area contributed by atoms with Gasteiger partial charge in [0.15, 0.2) is 23.1 Å². The molecule has 0 saturated carbocycles. The SMILES string of the molecule is CCCOc1c(Cl)cc(C=C2C(=O)c3ccccc3C2=O)cc1OC. The number of ketones is 2. The van der Waals surface area contributed by atoms with Gasteiger partial charge in [-0.15, -0.1) is 0 Å². The van der Waals surface area contributed by atoms with Crippen molar-refractivity contribution in [3.63, 3.8) is 0 Å². The Morgan fingerprint density at radius 3 is 2.28 bits per heavy atom. The largest absolute Gasteiger partial charge is 0.493 e. The number of ether oxygens (including phenoxy) is 2. The van der Waals surface area contributed by atoms with E-state index in [9.17, 15) is 9.59 Å². The monoisotopic (exact) mass is 356 g/mol. The second kappa shape index (κ2) is 7.11. The van der Waals surface area contributed by atoms with E-state index in [2.05, 4.69) is 0 Å². The van der Waals surface area contributed by atoms with Crippen molar-refractivity contribution in [1.82, 2.24) is 0 Å². The lowest BCUT2D eigenvalue weighted by atomic mass is 10.1. The summed E-state index contributed by atoms with van der Waals surface area (Å²) in [6, 6.07) is 10.2. The zero-order chi connectivity index (χ0) is 18.0. The molecule has 0 N–H and O–H groups in total. The van der Waals surface area contributed by atoms with Crippen LogP contribution >= 0.6 is 11.6 Å². The Morgan fingerprint density at radius 2 is 1.72 bits per heavy atom. The molecule has 0 heterocycles. The summed E-state index contributed by atoms with van der Waals surface area (Å²) in [4.78, 5) is 25.0. The number of hydrogen-bond donors (Lipinski definition) is 0. The van der Waals surface area contributed by atoms with Crippen molar-refractivity contribution in [2.45, 2.75) is 13.3 Å². The Labute approximate surface area is 151 Å². The van der Waals surface area contributed by atoms with E-state index in [-0.39, 0.29) is 17.1 Å². The topological polar surface area (TPSA) is 52.6 Å². The Bertz CT molecular complexity index is 846. The first-order valence-corrected chi connectivity index (χ1v) is 8.35. The number of halogens is 1. The van der Waals surface area contributed by atoms with Crippen LogP contribution in [0.2, 0.25) is 5.02 Å². The third-order valence-corrected chi connectivity index (χ3v) is 4.20. The molecule has 128 valence electrons. The van der Waals surface area contributed by atoms with Gasteiger partial charge in [-0.2, -0.15) is 0 Å². The first-order chi connectivity index (χ1) is 12.1. The molecular formula is C20H17ClO4. The van der Waals surface area contributed by atoms with Crippen LogP contribution in [0.1, 0.15) is 39.6 Å². The fourth-order valence-electron chi connectivity index (χ4n) is 2.74. The molecule has 0 radical (unpaired) electrons. The highest BCUT2D eigenvalue weighted by molar-refractivity contribution is 6.41. The van der Waals surface area contributed by atoms with E-state index in [1.807, 2.05) is 6.92 Å². The van der Waals surface area contributed by atoms with Crippen LogP contribution in [0.25, 0.3) is 6.08 Å². The van der Waals surface area contributed by atoms with Gasteiger partial charge in [0.2, 0.25) is 0 Å². The Morgan fingerprint density at radius 1 is 1.08 bits per heavy atom. The van der Waals surface area contributed by atoms with Crippen molar-refractivity contribution in [1.29, 1.82) is 0 Å².